The SMILES string of the molecule is Cc1cc2c(cc1-c1nccn1C1CCN(C)C1=O)OCO2. The number of hydrogen-bond acceptors (Lipinski definition) is 4. The molecule has 2 aliphatic heterocycles. The summed E-state index contributed by atoms with van der Waals surface area (Å²) in [5, 5.41) is 0. The number of carbonyl (C=O) groups excluding carboxylic acids is 1. The molecule has 0 aliphatic carbocycles. The Balaban J connectivity index is 1.79. The van der Waals surface area contributed by atoms with Crippen LogP contribution < -0.4 is 9.47 Å². The zero-order valence-corrected chi connectivity index (χ0v) is 12.6. The first-order valence-electron chi connectivity index (χ1n) is 7.33. The van der Waals surface area contributed by atoms with Gasteiger partial charge in [0.05, 0.1) is 0 Å². The highest BCUT2D eigenvalue weighted by atomic mass is 16.7. The Morgan fingerprint density at radius 1 is 1.27 bits per heavy atom. The molecule has 1 fully saturated rings. The van der Waals surface area contributed by atoms with Crippen molar-refractivity contribution in [3.63, 3.8) is 0 Å². The number of aryl methyl sites for hydroxylation is 1. The molecule has 3 heterocycles. The molecule has 0 bridgehead atoms. The maximum Gasteiger partial charge on any atom is 0.245 e. The molecule has 1 saturated heterocycles. The number of rotatable bonds is 2. The summed E-state index contributed by atoms with van der Waals surface area (Å²) in [5.41, 5.74) is 2.02. The average molecular weight is 299 g/mol. The molecule has 0 saturated carbocycles. The fourth-order valence-electron chi connectivity index (χ4n) is 3.12. The van der Waals surface area contributed by atoms with Crippen LogP contribution >= 0.6 is 0 Å². The maximum absolute atomic E-state index is 12.3. The summed E-state index contributed by atoms with van der Waals surface area (Å²) in [5.74, 6) is 2.42. The zero-order valence-electron chi connectivity index (χ0n) is 12.6. The van der Waals surface area contributed by atoms with E-state index < -0.39 is 0 Å². The van der Waals surface area contributed by atoms with Gasteiger partial charge in [0, 0.05) is 31.5 Å². The van der Waals surface area contributed by atoms with Crippen molar-refractivity contribution in [2.24, 2.45) is 0 Å². The number of ether oxygens (including phenoxy) is 2. The molecule has 4 rings (SSSR count). The predicted octanol–water partition coefficient (Wildman–Crippen LogP) is 1.99. The van der Waals surface area contributed by atoms with Gasteiger partial charge in [-0.15, -0.1) is 0 Å². The van der Waals surface area contributed by atoms with Gasteiger partial charge < -0.3 is 18.9 Å². The topological polar surface area (TPSA) is 56.6 Å². The van der Waals surface area contributed by atoms with Crippen LogP contribution in [-0.2, 0) is 4.79 Å². The Kier molecular flexibility index (Phi) is 2.85. The van der Waals surface area contributed by atoms with E-state index in [-0.39, 0.29) is 18.7 Å². The van der Waals surface area contributed by atoms with Gasteiger partial charge in [-0.3, -0.25) is 4.79 Å². The monoisotopic (exact) mass is 299 g/mol. The second-order valence-electron chi connectivity index (χ2n) is 5.74. The van der Waals surface area contributed by atoms with Crippen molar-refractivity contribution < 1.29 is 14.3 Å². The number of imidazole rings is 1. The quantitative estimate of drug-likeness (QED) is 0.851. The van der Waals surface area contributed by atoms with Crippen LogP contribution in [0.15, 0.2) is 24.5 Å². The number of benzene rings is 1. The van der Waals surface area contributed by atoms with Crippen molar-refractivity contribution in [2.45, 2.75) is 19.4 Å². The minimum absolute atomic E-state index is 0.137. The van der Waals surface area contributed by atoms with Gasteiger partial charge in [-0.25, -0.2) is 4.98 Å². The molecule has 114 valence electrons. The van der Waals surface area contributed by atoms with Crippen LogP contribution in [0.25, 0.3) is 11.4 Å². The standard InChI is InChI=1S/C16H17N3O3/c1-10-7-13-14(22-9-21-13)8-11(10)15-17-4-6-19(15)12-3-5-18(2)16(12)20/h4,6-8,12H,3,5,9H2,1-2H3. The van der Waals surface area contributed by atoms with E-state index in [1.165, 1.54) is 0 Å². The maximum atomic E-state index is 12.3. The second kappa shape index (κ2) is 4.76. The largest absolute Gasteiger partial charge is 0.454 e. The van der Waals surface area contributed by atoms with E-state index >= 15 is 0 Å². The van der Waals surface area contributed by atoms with E-state index in [0.717, 1.165) is 41.4 Å². The lowest BCUT2D eigenvalue weighted by Crippen LogP contribution is -2.24. The predicted molar refractivity (Wildman–Crippen MR) is 79.8 cm³/mol. The van der Waals surface area contributed by atoms with Gasteiger partial charge in [0.1, 0.15) is 11.9 Å². The first-order valence-corrected chi connectivity index (χ1v) is 7.33. The van der Waals surface area contributed by atoms with E-state index in [1.807, 2.05) is 36.9 Å². The molecular formula is C16H17N3O3. The molecule has 6 heteroatoms. The van der Waals surface area contributed by atoms with Crippen molar-refractivity contribution in [3.05, 3.63) is 30.1 Å². The average Bonchev–Trinajstić information content (AvgIpc) is 3.20. The number of likely N-dealkylation sites (tertiary alicyclic amines) is 1. The Morgan fingerprint density at radius 3 is 2.77 bits per heavy atom. The lowest BCUT2D eigenvalue weighted by molar-refractivity contribution is -0.129. The molecule has 0 spiro atoms. The molecule has 0 radical (unpaired) electrons. The van der Waals surface area contributed by atoms with Crippen LogP contribution in [0.1, 0.15) is 18.0 Å². The normalized spacial score (nSPS) is 20.0. The fourth-order valence-corrected chi connectivity index (χ4v) is 3.12. The molecule has 1 aromatic heterocycles. The summed E-state index contributed by atoms with van der Waals surface area (Å²) in [6.45, 7) is 3.04. The smallest absolute Gasteiger partial charge is 0.245 e. The lowest BCUT2D eigenvalue weighted by atomic mass is 10.1. The molecule has 1 unspecified atom stereocenters. The van der Waals surface area contributed by atoms with Crippen molar-refractivity contribution in [2.75, 3.05) is 20.4 Å². The molecule has 0 N–H and O–H groups in total. The Bertz CT molecular complexity index is 753. The molecule has 6 nitrogen and oxygen atoms in total. The number of amides is 1. The third kappa shape index (κ3) is 1.87. The van der Waals surface area contributed by atoms with Crippen LogP contribution in [0.3, 0.4) is 0 Å². The van der Waals surface area contributed by atoms with E-state index in [1.54, 1.807) is 11.1 Å². The van der Waals surface area contributed by atoms with Crippen molar-refractivity contribution in [1.82, 2.24) is 14.5 Å². The first kappa shape index (κ1) is 13.2. The van der Waals surface area contributed by atoms with Gasteiger partial charge in [0.15, 0.2) is 11.5 Å². The third-order valence-electron chi connectivity index (χ3n) is 4.36. The number of fused-ring (bicyclic) bond motifs is 1. The van der Waals surface area contributed by atoms with E-state index in [4.69, 9.17) is 9.47 Å². The lowest BCUT2D eigenvalue weighted by Gasteiger charge is -2.16. The fraction of sp³-hybridized carbons (Fsp3) is 0.375. The third-order valence-corrected chi connectivity index (χ3v) is 4.36. The number of likely N-dealkylation sites (N-methyl/N-ethyl adjacent to an activating group) is 1. The molecular weight excluding hydrogens is 282 g/mol. The summed E-state index contributed by atoms with van der Waals surface area (Å²) >= 11 is 0. The minimum atomic E-state index is -0.174. The van der Waals surface area contributed by atoms with Crippen molar-refractivity contribution >= 4 is 5.91 Å². The van der Waals surface area contributed by atoms with Gasteiger partial charge in [-0.2, -0.15) is 0 Å². The highest BCUT2D eigenvalue weighted by Gasteiger charge is 2.32. The molecule has 1 atom stereocenters. The molecule has 22 heavy (non-hydrogen) atoms. The molecule has 2 aliphatic rings. The van der Waals surface area contributed by atoms with Crippen LogP contribution in [0.2, 0.25) is 0 Å². The molecule has 2 aromatic rings. The van der Waals surface area contributed by atoms with E-state index in [0.29, 0.717) is 0 Å². The minimum Gasteiger partial charge on any atom is -0.454 e. The summed E-state index contributed by atoms with van der Waals surface area (Å²) in [4.78, 5) is 18.5. The zero-order chi connectivity index (χ0) is 15.3. The number of nitrogens with zero attached hydrogens (tertiary/aromatic N) is 3. The molecule has 1 aromatic carbocycles. The Hall–Kier alpha value is -2.50. The van der Waals surface area contributed by atoms with Gasteiger partial charge >= 0.3 is 0 Å². The summed E-state index contributed by atoms with van der Waals surface area (Å²) in [6.07, 6.45) is 4.42. The van der Waals surface area contributed by atoms with Gasteiger partial charge in [0.25, 0.3) is 0 Å². The van der Waals surface area contributed by atoms with Gasteiger partial charge in [-0.05, 0) is 31.0 Å². The summed E-state index contributed by atoms with van der Waals surface area (Å²) < 4.78 is 12.8. The Morgan fingerprint density at radius 2 is 2.05 bits per heavy atom. The van der Waals surface area contributed by atoms with Gasteiger partial charge in [-0.1, -0.05) is 0 Å². The van der Waals surface area contributed by atoms with E-state index in [9.17, 15) is 4.79 Å². The number of hydrogen-bond donors (Lipinski definition) is 0. The van der Waals surface area contributed by atoms with E-state index in [2.05, 4.69) is 4.98 Å². The van der Waals surface area contributed by atoms with Crippen molar-refractivity contribution in [3.8, 4) is 22.9 Å². The van der Waals surface area contributed by atoms with Crippen LogP contribution in [0.5, 0.6) is 11.5 Å². The van der Waals surface area contributed by atoms with Gasteiger partial charge in [0.2, 0.25) is 12.7 Å². The molecule has 1 amide bonds. The van der Waals surface area contributed by atoms with Crippen LogP contribution in [-0.4, -0.2) is 40.7 Å². The second-order valence-corrected chi connectivity index (χ2v) is 5.74. The highest BCUT2D eigenvalue weighted by Crippen LogP contribution is 2.39. The summed E-state index contributed by atoms with van der Waals surface area (Å²) in [6, 6.07) is 3.73. The summed E-state index contributed by atoms with van der Waals surface area (Å²) in [7, 11) is 1.84. The number of aromatic nitrogens is 2. The number of carbonyl (C=O) groups is 1. The van der Waals surface area contributed by atoms with Crippen LogP contribution in [0, 0.1) is 6.92 Å². The van der Waals surface area contributed by atoms with Crippen molar-refractivity contribution in [1.29, 1.82) is 0 Å². The Labute approximate surface area is 128 Å². The highest BCUT2D eigenvalue weighted by molar-refractivity contribution is 5.83. The van der Waals surface area contributed by atoms with Crippen LogP contribution in [0.4, 0.5) is 0 Å². The first-order chi connectivity index (χ1) is 10.6.